The van der Waals surface area contributed by atoms with Crippen molar-refractivity contribution in [2.75, 3.05) is 19.8 Å². The van der Waals surface area contributed by atoms with Crippen LogP contribution in [0.2, 0.25) is 0 Å². The van der Waals surface area contributed by atoms with E-state index in [1.165, 1.54) is 4.90 Å². The average molecular weight is 375 g/mol. The van der Waals surface area contributed by atoms with Crippen LogP contribution in [0.5, 0.6) is 0 Å². The lowest BCUT2D eigenvalue weighted by atomic mass is 10.1. The summed E-state index contributed by atoms with van der Waals surface area (Å²) in [4.78, 5) is 24.7. The first-order valence-corrected chi connectivity index (χ1v) is 7.01. The van der Waals surface area contributed by atoms with Crippen molar-refractivity contribution in [2.45, 2.75) is 12.5 Å². The van der Waals surface area contributed by atoms with Crippen molar-refractivity contribution in [1.82, 2.24) is 4.90 Å². The number of hydrogen-bond donors (Lipinski definition) is 1. The Labute approximate surface area is 124 Å². The number of aliphatic carboxylic acids is 1. The maximum Gasteiger partial charge on any atom is 0.328 e. The summed E-state index contributed by atoms with van der Waals surface area (Å²) in [6.45, 7) is 0.785. The van der Waals surface area contributed by atoms with Crippen LogP contribution in [0.1, 0.15) is 5.56 Å². The summed E-state index contributed by atoms with van der Waals surface area (Å²) in [6.07, 6.45) is 0.225. The van der Waals surface area contributed by atoms with Gasteiger partial charge in [0.1, 0.15) is 0 Å². The van der Waals surface area contributed by atoms with Crippen molar-refractivity contribution in [3.05, 3.63) is 33.4 Å². The molecule has 19 heavy (non-hydrogen) atoms. The number of carboxylic acids is 1. The summed E-state index contributed by atoms with van der Waals surface area (Å²) < 4.78 is 6.13. The predicted octanol–water partition coefficient (Wildman–Crippen LogP) is 1.15. The number of carbonyl (C=O) groups is 2. The molecule has 102 valence electrons. The highest BCUT2D eigenvalue weighted by atomic mass is 127. The quantitative estimate of drug-likeness (QED) is 0.805. The third-order valence-electron chi connectivity index (χ3n) is 3.03. The summed E-state index contributed by atoms with van der Waals surface area (Å²) in [7, 11) is 0. The number of carboxylic acid groups (broad SMARTS) is 1. The first-order valence-electron chi connectivity index (χ1n) is 5.93. The number of benzene rings is 1. The fourth-order valence-electron chi connectivity index (χ4n) is 2.01. The van der Waals surface area contributed by atoms with Crippen molar-refractivity contribution in [1.29, 1.82) is 0 Å². The van der Waals surface area contributed by atoms with E-state index in [0.29, 0.717) is 13.2 Å². The molecule has 0 saturated carbocycles. The topological polar surface area (TPSA) is 66.8 Å². The molecule has 1 atom stereocenters. The molecular weight excluding hydrogens is 361 g/mol. The van der Waals surface area contributed by atoms with Gasteiger partial charge in [-0.1, -0.05) is 18.2 Å². The molecule has 1 saturated heterocycles. The lowest BCUT2D eigenvalue weighted by Crippen LogP contribution is -2.53. The highest BCUT2D eigenvalue weighted by Gasteiger charge is 2.32. The zero-order valence-electron chi connectivity index (χ0n) is 10.2. The van der Waals surface area contributed by atoms with Gasteiger partial charge in [-0.3, -0.25) is 4.79 Å². The molecule has 0 aromatic heterocycles. The molecule has 2 rings (SSSR count). The molecule has 1 amide bonds. The summed E-state index contributed by atoms with van der Waals surface area (Å²) >= 11 is 2.17. The Morgan fingerprint density at radius 2 is 2.16 bits per heavy atom. The van der Waals surface area contributed by atoms with Crippen molar-refractivity contribution in [3.8, 4) is 0 Å². The number of nitrogens with zero attached hydrogens (tertiary/aromatic N) is 1. The van der Waals surface area contributed by atoms with Gasteiger partial charge in [-0.05, 0) is 34.2 Å². The van der Waals surface area contributed by atoms with Crippen LogP contribution >= 0.6 is 22.6 Å². The van der Waals surface area contributed by atoms with Gasteiger partial charge in [-0.15, -0.1) is 0 Å². The molecule has 1 aromatic rings. The van der Waals surface area contributed by atoms with Crippen LogP contribution < -0.4 is 0 Å². The average Bonchev–Trinajstić information content (AvgIpc) is 2.41. The van der Waals surface area contributed by atoms with Crippen LogP contribution in [0.15, 0.2) is 24.3 Å². The third-order valence-corrected chi connectivity index (χ3v) is 4.09. The highest BCUT2D eigenvalue weighted by molar-refractivity contribution is 14.1. The normalized spacial score (nSPS) is 19.2. The summed E-state index contributed by atoms with van der Waals surface area (Å²) in [5, 5.41) is 9.10. The third kappa shape index (κ3) is 3.44. The van der Waals surface area contributed by atoms with Gasteiger partial charge in [-0.2, -0.15) is 0 Å². The van der Waals surface area contributed by atoms with Crippen LogP contribution in [0, 0.1) is 3.57 Å². The molecule has 1 aromatic carbocycles. The van der Waals surface area contributed by atoms with E-state index < -0.39 is 12.0 Å². The zero-order valence-corrected chi connectivity index (χ0v) is 12.4. The number of rotatable bonds is 3. The first kappa shape index (κ1) is 14.3. The number of ether oxygens (including phenoxy) is 1. The second-order valence-corrected chi connectivity index (χ2v) is 5.45. The largest absolute Gasteiger partial charge is 0.480 e. The van der Waals surface area contributed by atoms with Gasteiger partial charge in [0.2, 0.25) is 5.91 Å². The van der Waals surface area contributed by atoms with Crippen LogP contribution in [0.3, 0.4) is 0 Å². The molecule has 6 heteroatoms. The van der Waals surface area contributed by atoms with E-state index >= 15 is 0 Å². The van der Waals surface area contributed by atoms with Gasteiger partial charge in [-0.25, -0.2) is 4.79 Å². The van der Waals surface area contributed by atoms with Crippen LogP contribution in [0.25, 0.3) is 0 Å². The lowest BCUT2D eigenvalue weighted by Gasteiger charge is -2.33. The maximum atomic E-state index is 12.2. The SMILES string of the molecule is O=C(O)C1COCCN1C(=O)Cc1ccccc1I. The molecule has 5 nitrogen and oxygen atoms in total. The molecule has 0 radical (unpaired) electrons. The second kappa shape index (κ2) is 6.33. The Morgan fingerprint density at radius 3 is 2.84 bits per heavy atom. The van der Waals surface area contributed by atoms with Gasteiger partial charge < -0.3 is 14.7 Å². The summed E-state index contributed by atoms with van der Waals surface area (Å²) in [5.74, 6) is -1.18. The number of morpholine rings is 1. The predicted molar refractivity (Wildman–Crippen MR) is 76.8 cm³/mol. The van der Waals surface area contributed by atoms with Crippen LogP contribution in [0.4, 0.5) is 0 Å². The molecule has 1 fully saturated rings. The van der Waals surface area contributed by atoms with E-state index in [2.05, 4.69) is 22.6 Å². The molecule has 0 bridgehead atoms. The number of hydrogen-bond acceptors (Lipinski definition) is 3. The smallest absolute Gasteiger partial charge is 0.328 e. The Kier molecular flexibility index (Phi) is 4.76. The van der Waals surface area contributed by atoms with Crippen molar-refractivity contribution in [2.24, 2.45) is 0 Å². The van der Waals surface area contributed by atoms with Gasteiger partial charge in [0.15, 0.2) is 6.04 Å². The summed E-state index contributed by atoms with van der Waals surface area (Å²) in [6, 6.07) is 6.72. The highest BCUT2D eigenvalue weighted by Crippen LogP contribution is 2.15. The Morgan fingerprint density at radius 1 is 1.42 bits per heavy atom. The van der Waals surface area contributed by atoms with E-state index in [0.717, 1.165) is 9.13 Å². The number of halogens is 1. The second-order valence-electron chi connectivity index (χ2n) is 4.28. The van der Waals surface area contributed by atoms with E-state index in [1.807, 2.05) is 24.3 Å². The standard InChI is InChI=1S/C13H14INO4/c14-10-4-2-1-3-9(10)7-12(16)15-5-6-19-8-11(15)13(17)18/h1-4,11H,5-8H2,(H,17,18). The number of amides is 1. The molecule has 0 aliphatic carbocycles. The van der Waals surface area contributed by atoms with Gasteiger partial charge >= 0.3 is 5.97 Å². The Hall–Kier alpha value is -1.15. The Balaban J connectivity index is 2.10. The molecule has 1 heterocycles. The minimum absolute atomic E-state index is 0.0625. The first-order chi connectivity index (χ1) is 9.09. The van der Waals surface area contributed by atoms with Gasteiger partial charge in [0, 0.05) is 10.1 Å². The van der Waals surface area contributed by atoms with Crippen molar-refractivity contribution >= 4 is 34.5 Å². The maximum absolute atomic E-state index is 12.2. The molecule has 1 N–H and O–H groups in total. The molecule has 1 unspecified atom stereocenters. The minimum atomic E-state index is -1.02. The Bertz CT molecular complexity index is 491. The van der Waals surface area contributed by atoms with E-state index in [9.17, 15) is 9.59 Å². The molecule has 0 spiro atoms. The van der Waals surface area contributed by atoms with Crippen molar-refractivity contribution < 1.29 is 19.4 Å². The minimum Gasteiger partial charge on any atom is -0.480 e. The lowest BCUT2D eigenvalue weighted by molar-refractivity contribution is -0.158. The summed E-state index contributed by atoms with van der Waals surface area (Å²) in [5.41, 5.74) is 0.920. The van der Waals surface area contributed by atoms with Gasteiger partial charge in [0.05, 0.1) is 19.6 Å². The van der Waals surface area contributed by atoms with Crippen molar-refractivity contribution in [3.63, 3.8) is 0 Å². The molecule has 1 aliphatic rings. The van der Waals surface area contributed by atoms with E-state index in [-0.39, 0.29) is 18.9 Å². The van der Waals surface area contributed by atoms with E-state index in [4.69, 9.17) is 9.84 Å². The fourth-order valence-corrected chi connectivity index (χ4v) is 2.59. The monoisotopic (exact) mass is 375 g/mol. The number of carbonyl (C=O) groups excluding carboxylic acids is 1. The molecule has 1 aliphatic heterocycles. The fraction of sp³-hybridized carbons (Fsp3) is 0.385. The zero-order chi connectivity index (χ0) is 13.8. The van der Waals surface area contributed by atoms with Crippen LogP contribution in [-0.2, 0) is 20.7 Å². The molecular formula is C13H14INO4. The van der Waals surface area contributed by atoms with Crippen LogP contribution in [-0.4, -0.2) is 47.7 Å². The van der Waals surface area contributed by atoms with Gasteiger partial charge in [0.25, 0.3) is 0 Å². The van der Waals surface area contributed by atoms with E-state index in [1.54, 1.807) is 0 Å².